The maximum Gasteiger partial charge on any atom is 0.270 e. The van der Waals surface area contributed by atoms with Crippen LogP contribution in [-0.4, -0.2) is 16.8 Å². The normalized spacial score (nSPS) is 14.5. The minimum atomic E-state index is -0.115. The van der Waals surface area contributed by atoms with Crippen LogP contribution < -0.4 is 14.4 Å². The molecule has 0 aliphatic carbocycles. The van der Waals surface area contributed by atoms with E-state index in [2.05, 4.69) is 52.9 Å². The van der Waals surface area contributed by atoms with Crippen LogP contribution in [0.3, 0.4) is 0 Å². The topological polar surface area (TPSA) is 38.8 Å². The molecular weight excluding hydrogens is 625 g/mol. The Bertz CT molecular complexity index is 1590. The van der Waals surface area contributed by atoms with Crippen LogP contribution in [0, 0.1) is 17.4 Å². The second kappa shape index (κ2) is 11.5. The van der Waals surface area contributed by atoms with Crippen LogP contribution in [0.25, 0.3) is 16.8 Å². The van der Waals surface area contributed by atoms with Crippen molar-refractivity contribution in [2.24, 2.45) is 0 Å². The van der Waals surface area contributed by atoms with Gasteiger partial charge >= 0.3 is 0 Å². The van der Waals surface area contributed by atoms with Gasteiger partial charge in [-0.05, 0) is 95.1 Å². The van der Waals surface area contributed by atoms with Gasteiger partial charge < -0.3 is 9.47 Å². The van der Waals surface area contributed by atoms with E-state index >= 15 is 0 Å². The number of thiocarbonyl (C=S) groups is 1. The highest BCUT2D eigenvalue weighted by atomic mass is 127. The standard InChI is InChI=1S/C31H26INO3S2/c1-4-35-27-16-21(17-28-30(34)33(31(37)38-28)26-13-12-19(2)14-20(26)3)15-25(32)29(27)36-18-23-10-7-9-22-8-5-6-11-24(22)23/h5-17H,4,18H2,1-3H3/b28-17-. The summed E-state index contributed by atoms with van der Waals surface area (Å²) in [6.07, 6.45) is 1.88. The number of aryl methyl sites for hydroxylation is 2. The van der Waals surface area contributed by atoms with Gasteiger partial charge in [0.1, 0.15) is 6.61 Å². The average Bonchev–Trinajstić information content (AvgIpc) is 3.16. The molecule has 1 saturated heterocycles. The summed E-state index contributed by atoms with van der Waals surface area (Å²) in [5.41, 5.74) is 4.96. The molecule has 4 nitrogen and oxygen atoms in total. The summed E-state index contributed by atoms with van der Waals surface area (Å²) in [5, 5.41) is 2.35. The van der Waals surface area contributed by atoms with Crippen LogP contribution in [0.1, 0.15) is 29.2 Å². The first kappa shape index (κ1) is 26.7. The van der Waals surface area contributed by atoms with Gasteiger partial charge in [0.05, 0.1) is 20.8 Å². The molecule has 1 aliphatic heterocycles. The summed E-state index contributed by atoms with van der Waals surface area (Å²) in [7, 11) is 0. The summed E-state index contributed by atoms with van der Waals surface area (Å²) >= 11 is 9.18. The van der Waals surface area contributed by atoms with E-state index in [1.54, 1.807) is 4.90 Å². The Hall–Kier alpha value is -2.88. The Morgan fingerprint density at radius 3 is 2.58 bits per heavy atom. The number of hydrogen-bond donors (Lipinski definition) is 0. The number of nitrogens with zero attached hydrogens (tertiary/aromatic N) is 1. The fraction of sp³-hybridized carbons (Fsp3) is 0.161. The quantitative estimate of drug-likeness (QED) is 0.114. The number of fused-ring (bicyclic) bond motifs is 1. The highest BCUT2D eigenvalue weighted by Crippen LogP contribution is 2.40. The lowest BCUT2D eigenvalue weighted by Crippen LogP contribution is -2.28. The zero-order valence-corrected chi connectivity index (χ0v) is 25.1. The Morgan fingerprint density at radius 2 is 1.79 bits per heavy atom. The van der Waals surface area contributed by atoms with E-state index in [-0.39, 0.29) is 5.91 Å². The first-order chi connectivity index (χ1) is 18.4. The maximum absolute atomic E-state index is 13.4. The van der Waals surface area contributed by atoms with Gasteiger partial charge in [0, 0.05) is 0 Å². The van der Waals surface area contributed by atoms with Crippen LogP contribution >= 0.6 is 46.6 Å². The van der Waals surface area contributed by atoms with E-state index < -0.39 is 0 Å². The first-order valence-electron chi connectivity index (χ1n) is 12.3. The number of rotatable bonds is 7. The molecule has 0 atom stereocenters. The first-order valence-corrected chi connectivity index (χ1v) is 14.6. The Labute approximate surface area is 246 Å². The third-order valence-corrected chi connectivity index (χ3v) is 8.37. The molecule has 7 heteroatoms. The summed E-state index contributed by atoms with van der Waals surface area (Å²) in [6, 6.07) is 24.5. The summed E-state index contributed by atoms with van der Waals surface area (Å²) < 4.78 is 13.7. The second-order valence-corrected chi connectivity index (χ2v) is 11.8. The molecular formula is C31H26INO3S2. The van der Waals surface area contributed by atoms with E-state index in [0.717, 1.165) is 31.5 Å². The van der Waals surface area contributed by atoms with Crippen molar-refractivity contribution < 1.29 is 14.3 Å². The SMILES string of the molecule is CCOc1cc(/C=C2\SC(=S)N(c3ccc(C)cc3C)C2=O)cc(I)c1OCc1cccc2ccccc12. The molecule has 0 N–H and O–H groups in total. The molecule has 1 fully saturated rings. The Balaban J connectivity index is 1.43. The molecule has 38 heavy (non-hydrogen) atoms. The molecule has 4 aromatic carbocycles. The number of benzene rings is 4. The lowest BCUT2D eigenvalue weighted by molar-refractivity contribution is -0.113. The van der Waals surface area contributed by atoms with E-state index in [9.17, 15) is 4.79 Å². The van der Waals surface area contributed by atoms with E-state index in [4.69, 9.17) is 21.7 Å². The van der Waals surface area contributed by atoms with Gasteiger partial charge in [-0.25, -0.2) is 0 Å². The number of ether oxygens (including phenoxy) is 2. The fourth-order valence-electron chi connectivity index (χ4n) is 4.53. The molecule has 0 radical (unpaired) electrons. The van der Waals surface area contributed by atoms with Gasteiger partial charge in [-0.1, -0.05) is 84.1 Å². The van der Waals surface area contributed by atoms with Crippen LogP contribution in [0.2, 0.25) is 0 Å². The molecule has 1 aliphatic rings. The number of amides is 1. The van der Waals surface area contributed by atoms with Gasteiger partial charge in [0.2, 0.25) is 0 Å². The minimum Gasteiger partial charge on any atom is -0.490 e. The molecule has 192 valence electrons. The second-order valence-electron chi connectivity index (χ2n) is 9.00. The van der Waals surface area contributed by atoms with E-state index in [0.29, 0.717) is 33.9 Å². The predicted octanol–water partition coefficient (Wildman–Crippen LogP) is 8.44. The zero-order chi connectivity index (χ0) is 26.8. The smallest absolute Gasteiger partial charge is 0.270 e. The van der Waals surface area contributed by atoms with Crippen LogP contribution in [0.15, 0.2) is 77.7 Å². The van der Waals surface area contributed by atoms with E-state index in [1.165, 1.54) is 22.5 Å². The monoisotopic (exact) mass is 651 g/mol. The summed E-state index contributed by atoms with van der Waals surface area (Å²) in [6.45, 7) is 6.90. The minimum absolute atomic E-state index is 0.115. The maximum atomic E-state index is 13.4. The summed E-state index contributed by atoms with van der Waals surface area (Å²) in [5.74, 6) is 1.23. The van der Waals surface area contributed by atoms with Crippen molar-refractivity contribution in [1.29, 1.82) is 0 Å². The van der Waals surface area contributed by atoms with Gasteiger partial charge in [-0.2, -0.15) is 0 Å². The third kappa shape index (κ3) is 5.46. The molecule has 0 spiro atoms. The molecule has 4 aromatic rings. The highest BCUT2D eigenvalue weighted by molar-refractivity contribution is 14.1. The van der Waals surface area contributed by atoms with Gasteiger partial charge in [0.15, 0.2) is 15.8 Å². The van der Waals surface area contributed by atoms with Crippen molar-refractivity contribution in [3.8, 4) is 11.5 Å². The van der Waals surface area contributed by atoms with Crippen LogP contribution in [-0.2, 0) is 11.4 Å². The van der Waals surface area contributed by atoms with Crippen molar-refractivity contribution in [2.75, 3.05) is 11.5 Å². The van der Waals surface area contributed by atoms with Crippen molar-refractivity contribution in [1.82, 2.24) is 0 Å². The number of carbonyl (C=O) groups excluding carboxylic acids is 1. The summed E-state index contributed by atoms with van der Waals surface area (Å²) in [4.78, 5) is 15.6. The van der Waals surface area contributed by atoms with Crippen molar-refractivity contribution >= 4 is 79.3 Å². The molecule has 0 aromatic heterocycles. The molecule has 1 amide bonds. The molecule has 0 bridgehead atoms. The highest BCUT2D eigenvalue weighted by Gasteiger charge is 2.34. The number of anilines is 1. The van der Waals surface area contributed by atoms with Crippen molar-refractivity contribution in [3.63, 3.8) is 0 Å². The fourth-order valence-corrected chi connectivity index (χ4v) is 6.59. The lowest BCUT2D eigenvalue weighted by Gasteiger charge is -2.17. The lowest BCUT2D eigenvalue weighted by atomic mass is 10.1. The van der Waals surface area contributed by atoms with Crippen LogP contribution in [0.4, 0.5) is 5.69 Å². The predicted molar refractivity (Wildman–Crippen MR) is 170 cm³/mol. The number of hydrogen-bond acceptors (Lipinski definition) is 5. The van der Waals surface area contributed by atoms with Crippen LogP contribution in [0.5, 0.6) is 11.5 Å². The molecule has 5 rings (SSSR count). The third-order valence-electron chi connectivity index (χ3n) is 6.27. The number of carbonyl (C=O) groups is 1. The molecule has 0 unspecified atom stereocenters. The number of thioether (sulfide) groups is 1. The van der Waals surface area contributed by atoms with E-state index in [1.807, 2.05) is 69.3 Å². The molecule has 0 saturated carbocycles. The van der Waals surface area contributed by atoms with Crippen molar-refractivity contribution in [3.05, 3.63) is 104 Å². The van der Waals surface area contributed by atoms with Gasteiger partial charge in [-0.15, -0.1) is 0 Å². The van der Waals surface area contributed by atoms with Crippen molar-refractivity contribution in [2.45, 2.75) is 27.4 Å². The molecule has 1 heterocycles. The Morgan fingerprint density at radius 1 is 1.00 bits per heavy atom. The Kier molecular flexibility index (Phi) is 8.07. The number of halogens is 1. The van der Waals surface area contributed by atoms with Gasteiger partial charge in [0.25, 0.3) is 5.91 Å². The zero-order valence-electron chi connectivity index (χ0n) is 21.3. The average molecular weight is 652 g/mol. The largest absolute Gasteiger partial charge is 0.490 e. The van der Waals surface area contributed by atoms with Gasteiger partial charge in [-0.3, -0.25) is 9.69 Å².